The minimum Gasteiger partial charge on any atom is -0.489 e. The summed E-state index contributed by atoms with van der Waals surface area (Å²) in [4.78, 5) is 0. The summed E-state index contributed by atoms with van der Waals surface area (Å²) in [6.07, 6.45) is 2.46. The van der Waals surface area contributed by atoms with E-state index < -0.39 is 0 Å². The lowest BCUT2D eigenvalue weighted by Crippen LogP contribution is -2.43. The van der Waals surface area contributed by atoms with Gasteiger partial charge in [-0.2, -0.15) is 0 Å². The van der Waals surface area contributed by atoms with Crippen LogP contribution in [0.1, 0.15) is 65.9 Å². The summed E-state index contributed by atoms with van der Waals surface area (Å²) in [6, 6.07) is 8.53. The average Bonchev–Trinajstić information content (AvgIpc) is 2.45. The van der Waals surface area contributed by atoms with Gasteiger partial charge in [0.05, 0.1) is 0 Å². The highest BCUT2D eigenvalue weighted by atomic mass is 16.5. The molecule has 0 aliphatic carbocycles. The normalized spacial score (nSPS) is 14.9. The second-order valence-electron chi connectivity index (χ2n) is 6.43. The number of ether oxygens (including phenoxy) is 1. The first-order valence-electron chi connectivity index (χ1n) is 7.89. The zero-order valence-corrected chi connectivity index (χ0v) is 14.0. The Labute approximate surface area is 124 Å². The van der Waals surface area contributed by atoms with Gasteiger partial charge >= 0.3 is 0 Å². The van der Waals surface area contributed by atoms with Crippen LogP contribution in [0.2, 0.25) is 0 Å². The quantitative estimate of drug-likeness (QED) is 0.740. The first-order chi connectivity index (χ1) is 9.38. The third kappa shape index (κ3) is 5.54. The van der Waals surface area contributed by atoms with Crippen molar-refractivity contribution in [3.8, 4) is 5.75 Å². The fraction of sp³-hybridized carbons (Fsp3) is 0.667. The molecule has 0 saturated carbocycles. The van der Waals surface area contributed by atoms with Gasteiger partial charge < -0.3 is 10.1 Å². The van der Waals surface area contributed by atoms with Gasteiger partial charge in [0.15, 0.2) is 0 Å². The Balaban J connectivity index is 2.48. The minimum atomic E-state index is 0.176. The number of benzene rings is 1. The van der Waals surface area contributed by atoms with E-state index in [9.17, 15) is 0 Å². The van der Waals surface area contributed by atoms with E-state index in [0.717, 1.165) is 18.7 Å². The second-order valence-corrected chi connectivity index (χ2v) is 6.43. The number of nitrogens with one attached hydrogen (secondary N) is 1. The molecule has 2 heteroatoms. The van der Waals surface area contributed by atoms with Crippen molar-refractivity contribution in [3.05, 3.63) is 29.8 Å². The van der Waals surface area contributed by atoms with E-state index in [1.54, 1.807) is 0 Å². The highest BCUT2D eigenvalue weighted by Crippen LogP contribution is 2.22. The molecule has 1 aromatic carbocycles. The van der Waals surface area contributed by atoms with E-state index >= 15 is 0 Å². The Morgan fingerprint density at radius 2 is 1.70 bits per heavy atom. The summed E-state index contributed by atoms with van der Waals surface area (Å²) < 4.78 is 5.96. The van der Waals surface area contributed by atoms with Crippen LogP contribution in [0.4, 0.5) is 0 Å². The molecule has 0 aromatic heterocycles. The lowest BCUT2D eigenvalue weighted by atomic mass is 9.99. The molecule has 0 radical (unpaired) electrons. The molecule has 0 amide bonds. The molecule has 0 fully saturated rings. The van der Waals surface area contributed by atoms with Gasteiger partial charge in [-0.3, -0.25) is 0 Å². The van der Waals surface area contributed by atoms with Crippen LogP contribution in [0.15, 0.2) is 24.3 Å². The topological polar surface area (TPSA) is 21.3 Å². The molecule has 1 aromatic rings. The molecule has 0 spiro atoms. The van der Waals surface area contributed by atoms with E-state index in [-0.39, 0.29) is 11.6 Å². The zero-order valence-electron chi connectivity index (χ0n) is 14.0. The van der Waals surface area contributed by atoms with E-state index in [0.29, 0.717) is 5.92 Å². The van der Waals surface area contributed by atoms with Gasteiger partial charge in [-0.25, -0.2) is 0 Å². The van der Waals surface area contributed by atoms with Crippen molar-refractivity contribution in [2.45, 2.75) is 71.9 Å². The molecule has 0 heterocycles. The summed E-state index contributed by atoms with van der Waals surface area (Å²) in [5.74, 6) is 1.58. The SMILES string of the molecule is CCC(C)c1ccc(OC(C)CNC(C)(C)CC)cc1. The maximum Gasteiger partial charge on any atom is 0.119 e. The summed E-state index contributed by atoms with van der Waals surface area (Å²) in [5.41, 5.74) is 1.57. The monoisotopic (exact) mass is 277 g/mol. The minimum absolute atomic E-state index is 0.176. The lowest BCUT2D eigenvalue weighted by Gasteiger charge is -2.27. The molecule has 1 rings (SSSR count). The van der Waals surface area contributed by atoms with Crippen LogP contribution in [-0.2, 0) is 0 Å². The zero-order chi connectivity index (χ0) is 15.2. The first kappa shape index (κ1) is 17.0. The Bertz CT molecular complexity index is 383. The van der Waals surface area contributed by atoms with Gasteiger partial charge in [-0.05, 0) is 57.2 Å². The molecule has 0 aliphatic heterocycles. The predicted octanol–water partition coefficient (Wildman–Crippen LogP) is 4.75. The number of rotatable bonds is 8. The van der Waals surface area contributed by atoms with Crippen LogP contribution in [0.5, 0.6) is 5.75 Å². The number of hydrogen-bond acceptors (Lipinski definition) is 2. The first-order valence-corrected chi connectivity index (χ1v) is 7.89. The van der Waals surface area contributed by atoms with Crippen molar-refractivity contribution in [1.82, 2.24) is 5.32 Å². The molecular formula is C18H31NO. The Kier molecular flexibility index (Phi) is 6.54. The van der Waals surface area contributed by atoms with Crippen LogP contribution in [0.3, 0.4) is 0 Å². The predicted molar refractivity (Wildman–Crippen MR) is 87.6 cm³/mol. The third-order valence-corrected chi connectivity index (χ3v) is 4.15. The van der Waals surface area contributed by atoms with Crippen molar-refractivity contribution in [3.63, 3.8) is 0 Å². The molecule has 2 unspecified atom stereocenters. The van der Waals surface area contributed by atoms with Gasteiger partial charge in [0.25, 0.3) is 0 Å². The molecule has 0 bridgehead atoms. The van der Waals surface area contributed by atoms with Gasteiger partial charge in [-0.15, -0.1) is 0 Å². The molecule has 1 N–H and O–H groups in total. The van der Waals surface area contributed by atoms with Gasteiger partial charge in [0.1, 0.15) is 11.9 Å². The third-order valence-electron chi connectivity index (χ3n) is 4.15. The Hall–Kier alpha value is -1.02. The summed E-state index contributed by atoms with van der Waals surface area (Å²) in [7, 11) is 0. The van der Waals surface area contributed by atoms with Crippen molar-refractivity contribution < 1.29 is 4.74 Å². The summed E-state index contributed by atoms with van der Waals surface area (Å²) in [6.45, 7) is 14.1. The summed E-state index contributed by atoms with van der Waals surface area (Å²) >= 11 is 0. The molecule has 0 aliphatic rings. The second kappa shape index (κ2) is 7.68. The smallest absolute Gasteiger partial charge is 0.119 e. The fourth-order valence-corrected chi connectivity index (χ4v) is 1.93. The van der Waals surface area contributed by atoms with E-state index in [1.165, 1.54) is 12.0 Å². The average molecular weight is 277 g/mol. The molecule has 2 atom stereocenters. The van der Waals surface area contributed by atoms with Crippen molar-refractivity contribution in [2.75, 3.05) is 6.54 Å². The van der Waals surface area contributed by atoms with E-state index in [2.05, 4.69) is 71.1 Å². The maximum atomic E-state index is 5.96. The number of hydrogen-bond donors (Lipinski definition) is 1. The summed E-state index contributed by atoms with van der Waals surface area (Å²) in [5, 5.41) is 3.54. The highest BCUT2D eigenvalue weighted by molar-refractivity contribution is 5.29. The van der Waals surface area contributed by atoms with Crippen molar-refractivity contribution in [1.29, 1.82) is 0 Å². The van der Waals surface area contributed by atoms with Crippen LogP contribution >= 0.6 is 0 Å². The molecule has 2 nitrogen and oxygen atoms in total. The van der Waals surface area contributed by atoms with Gasteiger partial charge in [-0.1, -0.05) is 32.9 Å². The lowest BCUT2D eigenvalue weighted by molar-refractivity contribution is 0.199. The van der Waals surface area contributed by atoms with Crippen LogP contribution < -0.4 is 10.1 Å². The van der Waals surface area contributed by atoms with Crippen molar-refractivity contribution in [2.24, 2.45) is 0 Å². The standard InChI is InChI=1S/C18H31NO/c1-7-14(3)16-9-11-17(12-10-16)20-15(4)13-19-18(5,6)8-2/h9-12,14-15,19H,7-8,13H2,1-6H3. The van der Waals surface area contributed by atoms with Crippen LogP contribution in [0.25, 0.3) is 0 Å². The molecular weight excluding hydrogens is 246 g/mol. The molecule has 20 heavy (non-hydrogen) atoms. The largest absolute Gasteiger partial charge is 0.489 e. The van der Waals surface area contributed by atoms with Gasteiger partial charge in [0.2, 0.25) is 0 Å². The van der Waals surface area contributed by atoms with Gasteiger partial charge in [0, 0.05) is 12.1 Å². The Morgan fingerprint density at radius 3 is 2.20 bits per heavy atom. The maximum absolute atomic E-state index is 5.96. The van der Waals surface area contributed by atoms with E-state index in [1.807, 2.05) is 0 Å². The molecule has 0 saturated heterocycles. The highest BCUT2D eigenvalue weighted by Gasteiger charge is 2.15. The van der Waals surface area contributed by atoms with Crippen LogP contribution in [-0.4, -0.2) is 18.2 Å². The van der Waals surface area contributed by atoms with Crippen molar-refractivity contribution >= 4 is 0 Å². The Morgan fingerprint density at radius 1 is 1.10 bits per heavy atom. The van der Waals surface area contributed by atoms with E-state index in [4.69, 9.17) is 4.74 Å². The fourth-order valence-electron chi connectivity index (χ4n) is 1.93. The van der Waals surface area contributed by atoms with Crippen LogP contribution in [0, 0.1) is 0 Å². The molecule has 114 valence electrons.